The van der Waals surface area contributed by atoms with Crippen molar-refractivity contribution in [3.63, 3.8) is 0 Å². The Morgan fingerprint density at radius 2 is 1.58 bits per heavy atom. The maximum Gasteiger partial charge on any atom is 0.295 e. The number of nitrogens with one attached hydrogen (secondary N) is 1. The fraction of sp³-hybridized carbons (Fsp3) is 0.0870. The molecule has 3 aromatic carbocycles. The molecule has 156 valence electrons. The molecule has 1 heterocycles. The Labute approximate surface area is 188 Å². The number of carbonyl (C=O) groups is 1. The predicted molar refractivity (Wildman–Crippen MR) is 121 cm³/mol. The lowest BCUT2D eigenvalue weighted by Gasteiger charge is -2.10. The van der Waals surface area contributed by atoms with Gasteiger partial charge in [0.2, 0.25) is 5.82 Å². The second-order valence-electron chi connectivity index (χ2n) is 6.93. The SMILES string of the molecule is Cc1c(Cl)cccc1NC(=O)c1nc(-c2ccc(F)cc2)n(-c2cccc(Cl)c2C)n1. The van der Waals surface area contributed by atoms with Gasteiger partial charge in [0.25, 0.3) is 5.91 Å². The normalized spacial score (nSPS) is 10.9. The highest BCUT2D eigenvalue weighted by Gasteiger charge is 2.21. The van der Waals surface area contributed by atoms with Crippen LogP contribution in [0.1, 0.15) is 21.7 Å². The molecule has 5 nitrogen and oxygen atoms in total. The van der Waals surface area contributed by atoms with Crippen LogP contribution < -0.4 is 5.32 Å². The Morgan fingerprint density at radius 3 is 2.29 bits per heavy atom. The van der Waals surface area contributed by atoms with Crippen LogP contribution in [0, 0.1) is 19.7 Å². The van der Waals surface area contributed by atoms with Gasteiger partial charge in [0.15, 0.2) is 5.82 Å². The van der Waals surface area contributed by atoms with Crippen LogP contribution in [0.25, 0.3) is 17.1 Å². The van der Waals surface area contributed by atoms with Crippen LogP contribution in [0.3, 0.4) is 0 Å². The van der Waals surface area contributed by atoms with Gasteiger partial charge in [-0.2, -0.15) is 0 Å². The molecule has 0 aliphatic heterocycles. The van der Waals surface area contributed by atoms with Gasteiger partial charge in [-0.25, -0.2) is 14.1 Å². The minimum absolute atomic E-state index is 0.0434. The van der Waals surface area contributed by atoms with Crippen LogP contribution in [-0.4, -0.2) is 20.7 Å². The lowest BCUT2D eigenvalue weighted by Crippen LogP contribution is -2.15. The number of amides is 1. The number of benzene rings is 3. The van der Waals surface area contributed by atoms with Gasteiger partial charge in [-0.1, -0.05) is 35.3 Å². The largest absolute Gasteiger partial charge is 0.319 e. The van der Waals surface area contributed by atoms with Crippen LogP contribution >= 0.6 is 23.2 Å². The summed E-state index contributed by atoms with van der Waals surface area (Å²) >= 11 is 12.4. The summed E-state index contributed by atoms with van der Waals surface area (Å²) in [5.74, 6) is -0.522. The molecule has 0 unspecified atom stereocenters. The van der Waals surface area contributed by atoms with Gasteiger partial charge in [-0.3, -0.25) is 4.79 Å². The quantitative estimate of drug-likeness (QED) is 0.396. The zero-order valence-electron chi connectivity index (χ0n) is 16.7. The lowest BCUT2D eigenvalue weighted by molar-refractivity contribution is 0.101. The number of hydrogen-bond acceptors (Lipinski definition) is 3. The molecule has 0 radical (unpaired) electrons. The first-order valence-electron chi connectivity index (χ1n) is 9.40. The zero-order chi connectivity index (χ0) is 22.1. The zero-order valence-corrected chi connectivity index (χ0v) is 18.2. The Kier molecular flexibility index (Phi) is 5.76. The van der Waals surface area contributed by atoms with Crippen molar-refractivity contribution in [2.45, 2.75) is 13.8 Å². The van der Waals surface area contributed by atoms with E-state index in [0.717, 1.165) is 11.1 Å². The smallest absolute Gasteiger partial charge is 0.295 e. The molecule has 0 spiro atoms. The van der Waals surface area contributed by atoms with E-state index in [1.54, 1.807) is 42.5 Å². The average Bonchev–Trinajstić information content (AvgIpc) is 3.19. The van der Waals surface area contributed by atoms with Gasteiger partial charge >= 0.3 is 0 Å². The molecular formula is C23H17Cl2FN4O. The third-order valence-corrected chi connectivity index (χ3v) is 5.71. The molecule has 1 aromatic heterocycles. The maximum absolute atomic E-state index is 13.5. The van der Waals surface area contributed by atoms with Gasteiger partial charge < -0.3 is 5.32 Å². The van der Waals surface area contributed by atoms with E-state index in [2.05, 4.69) is 15.4 Å². The van der Waals surface area contributed by atoms with Crippen molar-refractivity contribution < 1.29 is 9.18 Å². The fourth-order valence-electron chi connectivity index (χ4n) is 3.11. The number of hydrogen-bond donors (Lipinski definition) is 1. The summed E-state index contributed by atoms with van der Waals surface area (Å²) in [5, 5.41) is 8.33. The molecule has 0 aliphatic carbocycles. The Morgan fingerprint density at radius 1 is 0.935 bits per heavy atom. The molecule has 4 aromatic rings. The number of nitrogens with zero attached hydrogens (tertiary/aromatic N) is 3. The van der Waals surface area contributed by atoms with Crippen LogP contribution in [0.4, 0.5) is 10.1 Å². The predicted octanol–water partition coefficient (Wildman–Crippen LogP) is 6.25. The minimum atomic E-state index is -0.493. The van der Waals surface area contributed by atoms with E-state index in [-0.39, 0.29) is 11.6 Å². The van der Waals surface area contributed by atoms with Gasteiger partial charge in [0.1, 0.15) is 5.82 Å². The second-order valence-corrected chi connectivity index (χ2v) is 7.74. The number of aromatic nitrogens is 3. The Bertz CT molecular complexity index is 1290. The van der Waals surface area contributed by atoms with E-state index in [1.165, 1.54) is 16.8 Å². The van der Waals surface area contributed by atoms with Gasteiger partial charge in [-0.15, -0.1) is 5.10 Å². The van der Waals surface area contributed by atoms with Crippen molar-refractivity contribution in [2.75, 3.05) is 5.32 Å². The summed E-state index contributed by atoms with van der Waals surface area (Å²) in [6, 6.07) is 16.4. The topological polar surface area (TPSA) is 59.8 Å². The summed E-state index contributed by atoms with van der Waals surface area (Å²) in [4.78, 5) is 17.4. The second kappa shape index (κ2) is 8.49. The molecule has 0 saturated heterocycles. The summed E-state index contributed by atoms with van der Waals surface area (Å²) in [7, 11) is 0. The summed E-state index contributed by atoms with van der Waals surface area (Å²) in [6.07, 6.45) is 0. The lowest BCUT2D eigenvalue weighted by atomic mass is 10.1. The van der Waals surface area contributed by atoms with Crippen molar-refractivity contribution in [1.82, 2.24) is 14.8 Å². The van der Waals surface area contributed by atoms with E-state index in [0.29, 0.717) is 32.8 Å². The molecule has 0 bridgehead atoms. The van der Waals surface area contributed by atoms with E-state index in [1.807, 2.05) is 19.9 Å². The highest BCUT2D eigenvalue weighted by Crippen LogP contribution is 2.28. The number of rotatable bonds is 4. The third-order valence-electron chi connectivity index (χ3n) is 4.90. The highest BCUT2D eigenvalue weighted by molar-refractivity contribution is 6.32. The standard InChI is InChI=1S/C23H17Cl2FN4O/c1-13-17(24)5-3-7-19(13)27-23(31)21-28-22(15-9-11-16(26)12-10-15)30(29-21)20-8-4-6-18(25)14(20)2/h3-12H,1-2H3,(H,27,31). The van der Waals surface area contributed by atoms with Crippen molar-refractivity contribution in [1.29, 1.82) is 0 Å². The van der Waals surface area contributed by atoms with Crippen LogP contribution in [0.5, 0.6) is 0 Å². The van der Waals surface area contributed by atoms with Crippen molar-refractivity contribution in [3.05, 3.63) is 93.5 Å². The molecular weight excluding hydrogens is 438 g/mol. The monoisotopic (exact) mass is 454 g/mol. The molecule has 1 amide bonds. The maximum atomic E-state index is 13.5. The fourth-order valence-corrected chi connectivity index (χ4v) is 3.45. The first kappa shape index (κ1) is 21.0. The van der Waals surface area contributed by atoms with Gasteiger partial charge in [0.05, 0.1) is 5.69 Å². The van der Waals surface area contributed by atoms with E-state index in [4.69, 9.17) is 23.2 Å². The van der Waals surface area contributed by atoms with E-state index >= 15 is 0 Å². The van der Waals surface area contributed by atoms with Crippen LogP contribution in [-0.2, 0) is 0 Å². The molecule has 0 saturated carbocycles. The molecule has 1 N–H and O–H groups in total. The molecule has 8 heteroatoms. The highest BCUT2D eigenvalue weighted by atomic mass is 35.5. The average molecular weight is 455 g/mol. The van der Waals surface area contributed by atoms with E-state index in [9.17, 15) is 9.18 Å². The first-order valence-corrected chi connectivity index (χ1v) is 10.2. The Hall–Kier alpha value is -3.22. The number of anilines is 1. The number of carbonyl (C=O) groups excluding carboxylic acids is 1. The summed E-state index contributed by atoms with van der Waals surface area (Å²) < 4.78 is 15.0. The molecule has 0 aliphatic rings. The third kappa shape index (κ3) is 4.17. The van der Waals surface area contributed by atoms with E-state index < -0.39 is 5.91 Å². The van der Waals surface area contributed by atoms with Crippen molar-refractivity contribution in [2.24, 2.45) is 0 Å². The van der Waals surface area contributed by atoms with Crippen molar-refractivity contribution in [3.8, 4) is 17.1 Å². The van der Waals surface area contributed by atoms with Gasteiger partial charge in [-0.05, 0) is 73.5 Å². The molecule has 0 atom stereocenters. The number of halogens is 3. The van der Waals surface area contributed by atoms with Gasteiger partial charge in [0, 0.05) is 21.3 Å². The molecule has 0 fully saturated rings. The van der Waals surface area contributed by atoms with Crippen LogP contribution in [0.15, 0.2) is 60.7 Å². The first-order chi connectivity index (χ1) is 14.8. The minimum Gasteiger partial charge on any atom is -0.319 e. The molecule has 4 rings (SSSR count). The van der Waals surface area contributed by atoms with Crippen LogP contribution in [0.2, 0.25) is 10.0 Å². The molecule has 31 heavy (non-hydrogen) atoms. The van der Waals surface area contributed by atoms with Crippen molar-refractivity contribution >= 4 is 34.8 Å². The Balaban J connectivity index is 1.81. The summed E-state index contributed by atoms with van der Waals surface area (Å²) in [5.41, 5.74) is 3.34. The summed E-state index contributed by atoms with van der Waals surface area (Å²) in [6.45, 7) is 3.66.